The summed E-state index contributed by atoms with van der Waals surface area (Å²) in [6, 6.07) is 33.8. The van der Waals surface area contributed by atoms with Crippen LogP contribution in [0.4, 0.5) is 4.39 Å². The van der Waals surface area contributed by atoms with E-state index in [1.165, 1.54) is 31.2 Å². The fourth-order valence-corrected chi connectivity index (χ4v) is 5.79. The first-order chi connectivity index (χ1) is 21.8. The van der Waals surface area contributed by atoms with E-state index < -0.39 is 50.5 Å². The van der Waals surface area contributed by atoms with Crippen LogP contribution in [0.3, 0.4) is 0 Å². The van der Waals surface area contributed by atoms with Crippen molar-refractivity contribution < 1.29 is 46.3 Å². The number of benzene rings is 4. The molecule has 0 saturated carbocycles. The molecular formula is C34H32FO9P. The lowest BCUT2D eigenvalue weighted by atomic mass is 10.00. The predicted molar refractivity (Wildman–Crippen MR) is 162 cm³/mol. The van der Waals surface area contributed by atoms with Gasteiger partial charge in [0, 0.05) is 0 Å². The maximum Gasteiger partial charge on any atom is 0.477 e. The molecule has 0 amide bonds. The van der Waals surface area contributed by atoms with Crippen LogP contribution in [0.15, 0.2) is 121 Å². The molecule has 4 aromatic carbocycles. The van der Waals surface area contributed by atoms with Gasteiger partial charge in [-0.2, -0.15) is 0 Å². The number of hydrogen-bond acceptors (Lipinski definition) is 9. The van der Waals surface area contributed by atoms with Gasteiger partial charge in [0.05, 0.1) is 30.4 Å². The van der Waals surface area contributed by atoms with Gasteiger partial charge in [-0.05, 0) is 42.3 Å². The average Bonchev–Trinajstić information content (AvgIpc) is 3.08. The van der Waals surface area contributed by atoms with Crippen LogP contribution in [0.25, 0.3) is 0 Å². The molecule has 11 heteroatoms. The minimum absolute atomic E-state index is 0.150. The Labute approximate surface area is 260 Å². The molecule has 0 bridgehead atoms. The maximum atomic E-state index is 16.4. The number of halogens is 1. The average molecular weight is 635 g/mol. The zero-order valence-electron chi connectivity index (χ0n) is 24.3. The summed E-state index contributed by atoms with van der Waals surface area (Å²) in [6.45, 7) is 1.15. The second kappa shape index (κ2) is 15.2. The number of alkyl halides is 1. The lowest BCUT2D eigenvalue weighted by molar-refractivity contribution is -0.255. The Morgan fingerprint density at radius 1 is 0.667 bits per heavy atom. The summed E-state index contributed by atoms with van der Waals surface area (Å²) in [4.78, 5) is 26.0. The molecule has 0 spiro atoms. The Hall–Kier alpha value is -4.18. The summed E-state index contributed by atoms with van der Waals surface area (Å²) in [5, 5.41) is 0. The van der Waals surface area contributed by atoms with E-state index in [2.05, 4.69) is 0 Å². The Kier molecular flexibility index (Phi) is 10.9. The van der Waals surface area contributed by atoms with Crippen molar-refractivity contribution in [3.05, 3.63) is 144 Å². The van der Waals surface area contributed by atoms with Crippen LogP contribution in [0.1, 0.15) is 38.8 Å². The van der Waals surface area contributed by atoms with E-state index in [0.29, 0.717) is 11.1 Å². The standard InChI is InChI=1S/C34H32FO9P/c1-24-30(42-32(36)27-18-10-4-11-19-27)31(43-33(37)28-20-12-5-13-21-28)29(35)34(41-24)44-45(38,39-22-25-14-6-2-7-15-25)40-23-26-16-8-3-9-17-26/h2-21,24,29-31,34H,22-23H2,1H3/t24-,29-,30+,31-,34+/m0/s1. The van der Waals surface area contributed by atoms with E-state index in [1.807, 2.05) is 12.1 Å². The first-order valence-electron chi connectivity index (χ1n) is 14.3. The SMILES string of the molecule is C[C@@H]1O[C@H](OP(=O)(OCc2ccccc2)OCc2ccccc2)[C@@H](F)[C@H](OC(=O)c2ccccc2)[C@@H]1OC(=O)c1ccccc1. The molecule has 234 valence electrons. The number of carbonyl (C=O) groups excluding carboxylic acids is 2. The van der Waals surface area contributed by atoms with Crippen LogP contribution in [-0.2, 0) is 45.6 Å². The number of phosphoric acid groups is 1. The van der Waals surface area contributed by atoms with Crippen molar-refractivity contribution >= 4 is 19.8 Å². The van der Waals surface area contributed by atoms with Crippen LogP contribution < -0.4 is 0 Å². The number of hydrogen-bond donors (Lipinski definition) is 0. The molecule has 0 N–H and O–H groups in total. The number of ether oxygens (including phenoxy) is 3. The zero-order chi connectivity index (χ0) is 31.6. The van der Waals surface area contributed by atoms with Gasteiger partial charge in [-0.15, -0.1) is 0 Å². The highest BCUT2D eigenvalue weighted by Crippen LogP contribution is 2.53. The highest BCUT2D eigenvalue weighted by atomic mass is 31.2. The van der Waals surface area contributed by atoms with Crippen molar-refractivity contribution in [1.29, 1.82) is 0 Å². The van der Waals surface area contributed by atoms with E-state index in [-0.39, 0.29) is 24.3 Å². The summed E-state index contributed by atoms with van der Waals surface area (Å²) < 4.78 is 64.2. The summed E-state index contributed by atoms with van der Waals surface area (Å²) in [5.74, 6) is -1.63. The molecule has 5 atom stereocenters. The van der Waals surface area contributed by atoms with Crippen LogP contribution in [0.2, 0.25) is 0 Å². The molecule has 0 aromatic heterocycles. The van der Waals surface area contributed by atoms with E-state index >= 15 is 4.39 Å². The minimum Gasteiger partial charge on any atom is -0.452 e. The summed E-state index contributed by atoms with van der Waals surface area (Å²) in [6.07, 6.45) is -8.29. The second-order valence-corrected chi connectivity index (χ2v) is 11.8. The van der Waals surface area contributed by atoms with Gasteiger partial charge in [0.2, 0.25) is 6.29 Å². The van der Waals surface area contributed by atoms with Crippen molar-refractivity contribution in [2.75, 3.05) is 0 Å². The van der Waals surface area contributed by atoms with Crippen LogP contribution in [-0.4, -0.2) is 42.7 Å². The molecule has 9 nitrogen and oxygen atoms in total. The van der Waals surface area contributed by atoms with Gasteiger partial charge in [0.15, 0.2) is 18.4 Å². The number of rotatable bonds is 12. The van der Waals surface area contributed by atoms with E-state index in [1.54, 1.807) is 84.9 Å². The third-order valence-corrected chi connectivity index (χ3v) is 8.27. The fraction of sp³-hybridized carbons (Fsp3) is 0.235. The molecule has 0 aliphatic carbocycles. The molecular weight excluding hydrogens is 602 g/mol. The highest BCUT2D eigenvalue weighted by Gasteiger charge is 2.52. The van der Waals surface area contributed by atoms with Gasteiger partial charge in [-0.3, -0.25) is 13.6 Å². The zero-order valence-corrected chi connectivity index (χ0v) is 25.2. The third kappa shape index (κ3) is 8.72. The van der Waals surface area contributed by atoms with Crippen molar-refractivity contribution in [3.63, 3.8) is 0 Å². The smallest absolute Gasteiger partial charge is 0.452 e. The van der Waals surface area contributed by atoms with Crippen molar-refractivity contribution in [3.8, 4) is 0 Å². The van der Waals surface area contributed by atoms with Crippen molar-refractivity contribution in [2.45, 2.75) is 50.9 Å². The molecule has 1 aliphatic heterocycles. The number of carbonyl (C=O) groups is 2. The van der Waals surface area contributed by atoms with Crippen molar-refractivity contribution in [2.24, 2.45) is 0 Å². The summed E-state index contributed by atoms with van der Waals surface area (Å²) in [7, 11) is -4.51. The molecule has 1 aliphatic rings. The van der Waals surface area contributed by atoms with E-state index in [4.69, 9.17) is 27.8 Å². The quantitative estimate of drug-likeness (QED) is 0.119. The summed E-state index contributed by atoms with van der Waals surface area (Å²) in [5.41, 5.74) is 1.70. The first-order valence-corrected chi connectivity index (χ1v) is 15.7. The van der Waals surface area contributed by atoms with E-state index in [0.717, 1.165) is 0 Å². The first kappa shape index (κ1) is 32.2. The highest BCUT2D eigenvalue weighted by molar-refractivity contribution is 7.48. The monoisotopic (exact) mass is 634 g/mol. The lowest BCUT2D eigenvalue weighted by Crippen LogP contribution is -2.58. The Balaban J connectivity index is 1.39. The van der Waals surface area contributed by atoms with Gasteiger partial charge in [-0.25, -0.2) is 18.5 Å². The molecule has 45 heavy (non-hydrogen) atoms. The maximum absolute atomic E-state index is 16.4. The molecule has 1 fully saturated rings. The van der Waals surface area contributed by atoms with E-state index in [9.17, 15) is 14.2 Å². The largest absolute Gasteiger partial charge is 0.477 e. The predicted octanol–water partition coefficient (Wildman–Crippen LogP) is 7.08. The molecule has 1 saturated heterocycles. The Bertz CT molecular complexity index is 1530. The third-order valence-electron chi connectivity index (χ3n) is 6.91. The van der Waals surface area contributed by atoms with Crippen LogP contribution >= 0.6 is 7.82 Å². The van der Waals surface area contributed by atoms with Gasteiger partial charge in [0.25, 0.3) is 0 Å². The van der Waals surface area contributed by atoms with Gasteiger partial charge in [-0.1, -0.05) is 97.1 Å². The molecule has 0 radical (unpaired) electrons. The van der Waals surface area contributed by atoms with Gasteiger partial charge < -0.3 is 14.2 Å². The van der Waals surface area contributed by atoms with Crippen molar-refractivity contribution in [1.82, 2.24) is 0 Å². The number of esters is 2. The van der Waals surface area contributed by atoms with Gasteiger partial charge >= 0.3 is 19.8 Å². The molecule has 5 rings (SSSR count). The molecule has 4 aromatic rings. The fourth-order valence-electron chi connectivity index (χ4n) is 4.56. The van der Waals surface area contributed by atoms with Crippen LogP contribution in [0.5, 0.6) is 0 Å². The minimum atomic E-state index is -4.51. The lowest BCUT2D eigenvalue weighted by Gasteiger charge is -2.41. The summed E-state index contributed by atoms with van der Waals surface area (Å²) >= 11 is 0. The topological polar surface area (TPSA) is 107 Å². The Morgan fingerprint density at radius 2 is 1.07 bits per heavy atom. The van der Waals surface area contributed by atoms with Gasteiger partial charge in [0.1, 0.15) is 0 Å². The number of phosphoric ester groups is 1. The molecule has 0 unspecified atom stereocenters. The van der Waals surface area contributed by atoms with Crippen LogP contribution in [0, 0.1) is 0 Å². The molecule has 1 heterocycles. The second-order valence-electron chi connectivity index (χ2n) is 10.2. The normalized spacial score (nSPS) is 21.5. The Morgan fingerprint density at radius 3 is 1.51 bits per heavy atom.